The Kier molecular flexibility index (Phi) is 7.85. The van der Waals surface area contributed by atoms with E-state index in [-0.39, 0.29) is 13.2 Å². The Labute approximate surface area is 151 Å². The molecule has 23 heavy (non-hydrogen) atoms. The smallest absolute Gasteiger partial charge is 0.334 e. The minimum absolute atomic E-state index is 0.0782. The van der Waals surface area contributed by atoms with E-state index in [9.17, 15) is 9.36 Å². The van der Waals surface area contributed by atoms with Crippen molar-refractivity contribution in [3.05, 3.63) is 35.4 Å². The molecule has 0 saturated heterocycles. The van der Waals surface area contributed by atoms with Gasteiger partial charge in [0.15, 0.2) is 5.78 Å². The molecule has 9 heteroatoms. The van der Waals surface area contributed by atoms with Crippen LogP contribution in [0.2, 0.25) is 0 Å². The topological polar surface area (TPSA) is 64.6 Å². The second-order valence-electron chi connectivity index (χ2n) is 4.66. The third-order valence-electron chi connectivity index (χ3n) is 2.79. The molecule has 5 nitrogen and oxygen atoms in total. The number of amides is 1. The van der Waals surface area contributed by atoms with Gasteiger partial charge in [-0.05, 0) is 32.9 Å². The van der Waals surface area contributed by atoms with Gasteiger partial charge in [0, 0.05) is 5.56 Å². The van der Waals surface area contributed by atoms with Crippen molar-refractivity contribution in [2.75, 3.05) is 13.2 Å². The second-order valence-corrected chi connectivity index (χ2v) is 9.14. The Morgan fingerprint density at radius 1 is 1.26 bits per heavy atom. The van der Waals surface area contributed by atoms with Gasteiger partial charge in [0.1, 0.15) is 0 Å². The molecule has 0 spiro atoms. The molecule has 0 aliphatic rings. The zero-order chi connectivity index (χ0) is 17.7. The fourth-order valence-electron chi connectivity index (χ4n) is 1.88. The van der Waals surface area contributed by atoms with Crippen molar-refractivity contribution in [1.82, 2.24) is 5.32 Å². The minimum Gasteiger partial charge on any atom is -0.334 e. The summed E-state index contributed by atoms with van der Waals surface area (Å²) in [5, 5.41) is 2.46. The summed E-state index contributed by atoms with van der Waals surface area (Å²) in [5.74, 6) is -1.97. The normalized spacial score (nSPS) is 13.7. The zero-order valence-corrected chi connectivity index (χ0v) is 16.2. The number of alkyl halides is 3. The first-order valence-corrected chi connectivity index (χ1v) is 9.71. The molecule has 0 aliphatic carbocycles. The summed E-state index contributed by atoms with van der Waals surface area (Å²) >= 11 is 17.7. The number of aryl methyl sites for hydroxylation is 1. The molecule has 1 N–H and O–H groups in total. The Balaban J connectivity index is 3.12. The van der Waals surface area contributed by atoms with Crippen LogP contribution in [0.3, 0.4) is 0 Å². The van der Waals surface area contributed by atoms with E-state index in [1.165, 1.54) is 0 Å². The molecule has 0 fully saturated rings. The van der Waals surface area contributed by atoms with Gasteiger partial charge < -0.3 is 14.4 Å². The van der Waals surface area contributed by atoms with Crippen LogP contribution >= 0.6 is 42.4 Å². The van der Waals surface area contributed by atoms with Gasteiger partial charge >= 0.3 is 7.60 Å². The van der Waals surface area contributed by atoms with Crippen molar-refractivity contribution in [2.24, 2.45) is 0 Å². The van der Waals surface area contributed by atoms with Crippen LogP contribution < -0.4 is 5.32 Å². The second kappa shape index (κ2) is 8.70. The molecular formula is C14H19Cl3NO4P. The fourth-order valence-corrected chi connectivity index (χ4v) is 4.85. The van der Waals surface area contributed by atoms with Crippen LogP contribution in [0.15, 0.2) is 24.3 Å². The van der Waals surface area contributed by atoms with Gasteiger partial charge in [-0.15, -0.1) is 0 Å². The molecule has 0 saturated carbocycles. The van der Waals surface area contributed by atoms with Gasteiger partial charge in [0.05, 0.1) is 13.2 Å². The Hall–Kier alpha value is -0.290. The Morgan fingerprint density at radius 2 is 1.83 bits per heavy atom. The lowest BCUT2D eigenvalue weighted by molar-refractivity contribution is 0.0938. The molecule has 1 amide bonds. The first-order chi connectivity index (χ1) is 10.6. The standard InChI is InChI=1S/C14H19Cl3NO4P/c1-4-21-23(20,22-5-2)13(14(15,16)17)18-12(19)11-8-6-7-10(3)9-11/h6-9,13H,4-5H2,1-3H3,(H,18,19)/t13-/m1/s1. The molecule has 0 aromatic heterocycles. The summed E-state index contributed by atoms with van der Waals surface area (Å²) < 4.78 is 21.2. The number of carbonyl (C=O) groups is 1. The molecule has 1 atom stereocenters. The van der Waals surface area contributed by atoms with Crippen LogP contribution in [0.1, 0.15) is 29.8 Å². The van der Waals surface area contributed by atoms with Crippen LogP contribution in [0.25, 0.3) is 0 Å². The van der Waals surface area contributed by atoms with E-state index in [0.29, 0.717) is 5.56 Å². The summed E-state index contributed by atoms with van der Waals surface area (Å²) in [5.41, 5.74) is 1.24. The van der Waals surface area contributed by atoms with Crippen molar-refractivity contribution < 1.29 is 18.4 Å². The van der Waals surface area contributed by atoms with Gasteiger partial charge in [0.2, 0.25) is 3.79 Å². The lowest BCUT2D eigenvalue weighted by atomic mass is 10.1. The molecule has 1 aromatic carbocycles. The summed E-state index contributed by atoms with van der Waals surface area (Å²) in [7, 11) is -3.86. The van der Waals surface area contributed by atoms with Crippen LogP contribution in [0, 0.1) is 6.92 Å². The maximum absolute atomic E-state index is 12.9. The average Bonchev–Trinajstić information content (AvgIpc) is 2.43. The van der Waals surface area contributed by atoms with E-state index < -0.39 is 23.1 Å². The average molecular weight is 403 g/mol. The quantitative estimate of drug-likeness (QED) is 0.531. The third-order valence-corrected chi connectivity index (χ3v) is 6.29. The highest BCUT2D eigenvalue weighted by Gasteiger charge is 2.49. The monoisotopic (exact) mass is 401 g/mol. The number of carbonyl (C=O) groups excluding carboxylic acids is 1. The van der Waals surface area contributed by atoms with Gasteiger partial charge in [-0.3, -0.25) is 9.36 Å². The van der Waals surface area contributed by atoms with Crippen molar-refractivity contribution in [1.29, 1.82) is 0 Å². The first-order valence-electron chi connectivity index (χ1n) is 6.97. The highest BCUT2D eigenvalue weighted by molar-refractivity contribution is 7.55. The largest absolute Gasteiger partial charge is 0.357 e. The molecule has 0 radical (unpaired) electrons. The Bertz CT molecular complexity index is 582. The number of benzene rings is 1. The van der Waals surface area contributed by atoms with E-state index in [2.05, 4.69) is 5.32 Å². The molecule has 1 aromatic rings. The van der Waals surface area contributed by atoms with Gasteiger partial charge in [-0.25, -0.2) is 0 Å². The molecule has 0 bridgehead atoms. The molecular weight excluding hydrogens is 383 g/mol. The number of rotatable bonds is 7. The minimum atomic E-state index is -3.86. The highest BCUT2D eigenvalue weighted by atomic mass is 35.6. The maximum Gasteiger partial charge on any atom is 0.357 e. The van der Waals surface area contributed by atoms with Crippen LogP contribution in [0.4, 0.5) is 0 Å². The summed E-state index contributed by atoms with van der Waals surface area (Å²) in [4.78, 5) is 12.4. The molecule has 0 aliphatic heterocycles. The maximum atomic E-state index is 12.9. The van der Waals surface area contributed by atoms with E-state index in [4.69, 9.17) is 43.9 Å². The lowest BCUT2D eigenvalue weighted by Gasteiger charge is -2.31. The van der Waals surface area contributed by atoms with Crippen LogP contribution in [-0.2, 0) is 13.6 Å². The van der Waals surface area contributed by atoms with Crippen LogP contribution in [0.5, 0.6) is 0 Å². The predicted octanol–water partition coefficient (Wildman–Crippen LogP) is 4.69. The van der Waals surface area contributed by atoms with Crippen molar-refractivity contribution in [2.45, 2.75) is 30.3 Å². The van der Waals surface area contributed by atoms with Gasteiger partial charge in [-0.1, -0.05) is 52.5 Å². The van der Waals surface area contributed by atoms with E-state index in [1.807, 2.05) is 13.0 Å². The molecule has 0 unspecified atom stereocenters. The third kappa shape index (κ3) is 5.93. The molecule has 1 rings (SSSR count). The Morgan fingerprint density at radius 3 is 2.26 bits per heavy atom. The number of hydrogen-bond acceptors (Lipinski definition) is 4. The summed E-state index contributed by atoms with van der Waals surface area (Å²) in [6, 6.07) is 6.83. The van der Waals surface area contributed by atoms with Crippen molar-refractivity contribution >= 4 is 48.3 Å². The summed E-state index contributed by atoms with van der Waals surface area (Å²) in [6.07, 6.45) is 0. The van der Waals surface area contributed by atoms with Gasteiger partial charge in [-0.2, -0.15) is 0 Å². The fraction of sp³-hybridized carbons (Fsp3) is 0.500. The summed E-state index contributed by atoms with van der Waals surface area (Å²) in [6.45, 7) is 5.26. The first kappa shape index (κ1) is 20.8. The van der Waals surface area contributed by atoms with Crippen molar-refractivity contribution in [3.63, 3.8) is 0 Å². The van der Waals surface area contributed by atoms with Crippen LogP contribution in [-0.4, -0.2) is 28.7 Å². The molecule has 130 valence electrons. The predicted molar refractivity (Wildman–Crippen MR) is 93.6 cm³/mol. The number of halogens is 3. The SMILES string of the molecule is CCOP(=O)(OCC)[C@@H](NC(=O)c1cccc(C)c1)C(Cl)(Cl)Cl. The highest BCUT2D eigenvalue weighted by Crippen LogP contribution is 2.58. The van der Waals surface area contributed by atoms with Gasteiger partial charge in [0.25, 0.3) is 5.91 Å². The van der Waals surface area contributed by atoms with E-state index in [0.717, 1.165) is 5.56 Å². The zero-order valence-electron chi connectivity index (χ0n) is 13.0. The van der Waals surface area contributed by atoms with Crippen molar-refractivity contribution in [3.8, 4) is 0 Å². The lowest BCUT2D eigenvalue weighted by Crippen LogP contribution is -2.44. The number of hydrogen-bond donors (Lipinski definition) is 1. The molecule has 0 heterocycles. The van der Waals surface area contributed by atoms with E-state index >= 15 is 0 Å². The van der Waals surface area contributed by atoms with E-state index in [1.54, 1.807) is 32.0 Å². The number of nitrogens with one attached hydrogen (secondary N) is 1.